The molecule has 2 fully saturated rings. The Morgan fingerprint density at radius 3 is 2.86 bits per heavy atom. The van der Waals surface area contributed by atoms with Crippen molar-refractivity contribution in [1.82, 2.24) is 10.2 Å². The van der Waals surface area contributed by atoms with Crippen molar-refractivity contribution in [2.75, 3.05) is 26.2 Å². The Morgan fingerprint density at radius 2 is 2.29 bits per heavy atom. The number of aliphatic hydroxyl groups is 2. The van der Waals surface area contributed by atoms with E-state index in [9.17, 15) is 10.2 Å². The van der Waals surface area contributed by atoms with E-state index in [2.05, 4.69) is 17.1 Å². The zero-order valence-electron chi connectivity index (χ0n) is 8.74. The summed E-state index contributed by atoms with van der Waals surface area (Å²) in [5.41, 5.74) is -0.113. The molecule has 0 spiro atoms. The van der Waals surface area contributed by atoms with Gasteiger partial charge in [-0.1, -0.05) is 0 Å². The van der Waals surface area contributed by atoms with Crippen LogP contribution in [-0.4, -0.2) is 59.0 Å². The maximum Gasteiger partial charge on any atom is 0.0832 e. The Balaban J connectivity index is 2.09. The normalized spacial score (nSPS) is 44.8. The number of nitrogens with zero attached hydrogens (tertiary/aromatic N) is 1. The van der Waals surface area contributed by atoms with Gasteiger partial charge in [-0.15, -0.1) is 0 Å². The minimum Gasteiger partial charge on any atom is -0.394 e. The van der Waals surface area contributed by atoms with E-state index in [4.69, 9.17) is 0 Å². The second-order valence-corrected chi connectivity index (χ2v) is 4.74. The summed E-state index contributed by atoms with van der Waals surface area (Å²) in [6, 6.07) is 0.189. The molecule has 0 aromatic heterocycles. The van der Waals surface area contributed by atoms with Crippen LogP contribution in [0.5, 0.6) is 0 Å². The molecule has 0 aromatic rings. The van der Waals surface area contributed by atoms with Crippen molar-refractivity contribution in [2.45, 2.75) is 37.5 Å². The summed E-state index contributed by atoms with van der Waals surface area (Å²) in [4.78, 5) is 2.28. The third kappa shape index (κ3) is 1.56. The highest BCUT2D eigenvalue weighted by molar-refractivity contribution is 5.00. The number of aliphatic hydroxyl groups excluding tert-OH is 2. The van der Waals surface area contributed by atoms with Gasteiger partial charge in [0.05, 0.1) is 12.7 Å². The van der Waals surface area contributed by atoms with Crippen LogP contribution in [0.1, 0.15) is 19.8 Å². The third-order valence-electron chi connectivity index (χ3n) is 3.70. The molecule has 0 bridgehead atoms. The van der Waals surface area contributed by atoms with Crippen LogP contribution in [-0.2, 0) is 0 Å². The molecule has 14 heavy (non-hydrogen) atoms. The molecule has 2 aliphatic rings. The average molecular weight is 200 g/mol. The molecule has 3 N–H and O–H groups in total. The molecule has 2 heterocycles. The maximum atomic E-state index is 9.79. The van der Waals surface area contributed by atoms with Gasteiger partial charge in [0, 0.05) is 24.7 Å². The first-order chi connectivity index (χ1) is 6.67. The predicted molar refractivity (Wildman–Crippen MR) is 54.1 cm³/mol. The van der Waals surface area contributed by atoms with Gasteiger partial charge in [0.15, 0.2) is 0 Å². The molecule has 0 amide bonds. The molecule has 0 radical (unpaired) electrons. The number of β-amino-alcohol motifs (C(OH)–C–C–N with tert-alkyl or cyclic N) is 1. The minimum atomic E-state index is -0.279. The lowest BCUT2D eigenvalue weighted by atomic mass is 9.98. The molecule has 0 saturated carbocycles. The van der Waals surface area contributed by atoms with Gasteiger partial charge in [-0.25, -0.2) is 0 Å². The molecule has 2 rings (SSSR count). The van der Waals surface area contributed by atoms with Gasteiger partial charge in [0.1, 0.15) is 0 Å². The average Bonchev–Trinajstić information content (AvgIpc) is 2.73. The van der Waals surface area contributed by atoms with Crippen LogP contribution in [0.4, 0.5) is 0 Å². The Bertz CT molecular complexity index is 212. The maximum absolute atomic E-state index is 9.79. The molecule has 1 unspecified atom stereocenters. The fourth-order valence-electron chi connectivity index (χ4n) is 2.75. The predicted octanol–water partition coefficient (Wildman–Crippen LogP) is -0.834. The van der Waals surface area contributed by atoms with Gasteiger partial charge in [-0.05, 0) is 26.3 Å². The summed E-state index contributed by atoms with van der Waals surface area (Å²) in [7, 11) is 0. The quantitative estimate of drug-likeness (QED) is 0.544. The van der Waals surface area contributed by atoms with Gasteiger partial charge in [-0.2, -0.15) is 0 Å². The fraction of sp³-hybridized carbons (Fsp3) is 1.00. The summed E-state index contributed by atoms with van der Waals surface area (Å²) in [6.45, 7) is 4.81. The standard InChI is InChI=1S/C10H20N2O2/c1-10(7-13)3-2-4-12(10)8-5-11-6-9(8)14/h8-9,11,13-14H,2-7H2,1H3/t8-,9-,10?/m1/s1. The van der Waals surface area contributed by atoms with E-state index in [0.717, 1.165) is 25.9 Å². The molecule has 4 nitrogen and oxygen atoms in total. The monoisotopic (exact) mass is 200 g/mol. The second-order valence-electron chi connectivity index (χ2n) is 4.74. The number of rotatable bonds is 2. The van der Waals surface area contributed by atoms with Gasteiger partial charge in [0.25, 0.3) is 0 Å². The Morgan fingerprint density at radius 1 is 1.50 bits per heavy atom. The highest BCUT2D eigenvalue weighted by Gasteiger charge is 2.43. The molecule has 2 saturated heterocycles. The number of hydrogen-bond acceptors (Lipinski definition) is 4. The van der Waals surface area contributed by atoms with E-state index >= 15 is 0 Å². The van der Waals surface area contributed by atoms with E-state index in [1.165, 1.54) is 0 Å². The van der Waals surface area contributed by atoms with Gasteiger partial charge < -0.3 is 15.5 Å². The second kappa shape index (κ2) is 3.77. The van der Waals surface area contributed by atoms with Crippen molar-refractivity contribution in [3.8, 4) is 0 Å². The molecule has 0 aliphatic carbocycles. The number of hydrogen-bond donors (Lipinski definition) is 3. The summed E-state index contributed by atoms with van der Waals surface area (Å²) in [5.74, 6) is 0. The van der Waals surface area contributed by atoms with Crippen LogP contribution in [0.2, 0.25) is 0 Å². The van der Waals surface area contributed by atoms with Crippen molar-refractivity contribution >= 4 is 0 Å². The van der Waals surface area contributed by atoms with E-state index in [1.54, 1.807) is 0 Å². The Kier molecular flexibility index (Phi) is 2.79. The van der Waals surface area contributed by atoms with Crippen molar-refractivity contribution in [3.63, 3.8) is 0 Å². The largest absolute Gasteiger partial charge is 0.394 e. The molecular formula is C10H20N2O2. The Labute approximate surface area is 84.9 Å². The van der Waals surface area contributed by atoms with Crippen molar-refractivity contribution < 1.29 is 10.2 Å². The first-order valence-corrected chi connectivity index (χ1v) is 5.44. The van der Waals surface area contributed by atoms with Crippen molar-refractivity contribution in [2.24, 2.45) is 0 Å². The minimum absolute atomic E-state index is 0.113. The van der Waals surface area contributed by atoms with E-state index in [-0.39, 0.29) is 24.3 Å². The molecular weight excluding hydrogens is 180 g/mol. The smallest absolute Gasteiger partial charge is 0.0832 e. The zero-order chi connectivity index (χ0) is 10.2. The van der Waals surface area contributed by atoms with Crippen molar-refractivity contribution in [1.29, 1.82) is 0 Å². The molecule has 3 atom stereocenters. The van der Waals surface area contributed by atoms with E-state index < -0.39 is 0 Å². The molecule has 0 aromatic carbocycles. The van der Waals surface area contributed by atoms with Crippen LogP contribution in [0.15, 0.2) is 0 Å². The molecule has 82 valence electrons. The van der Waals surface area contributed by atoms with E-state index in [1.807, 2.05) is 0 Å². The van der Waals surface area contributed by atoms with Crippen LogP contribution >= 0.6 is 0 Å². The van der Waals surface area contributed by atoms with Crippen LogP contribution < -0.4 is 5.32 Å². The SMILES string of the molecule is CC1(CO)CCCN1[C@@H]1CNC[C@H]1O. The van der Waals surface area contributed by atoms with Crippen LogP contribution in [0.3, 0.4) is 0 Å². The fourth-order valence-corrected chi connectivity index (χ4v) is 2.75. The highest BCUT2D eigenvalue weighted by atomic mass is 16.3. The topological polar surface area (TPSA) is 55.7 Å². The van der Waals surface area contributed by atoms with E-state index in [0.29, 0.717) is 6.54 Å². The lowest BCUT2D eigenvalue weighted by Crippen LogP contribution is -2.53. The summed E-state index contributed by atoms with van der Waals surface area (Å²) in [5, 5.41) is 22.4. The van der Waals surface area contributed by atoms with Gasteiger partial charge in [0.2, 0.25) is 0 Å². The lowest BCUT2D eigenvalue weighted by molar-refractivity contribution is 0.00800. The van der Waals surface area contributed by atoms with Gasteiger partial charge >= 0.3 is 0 Å². The first-order valence-electron chi connectivity index (χ1n) is 5.44. The zero-order valence-corrected chi connectivity index (χ0v) is 8.74. The lowest BCUT2D eigenvalue weighted by Gasteiger charge is -2.39. The molecule has 2 aliphatic heterocycles. The highest BCUT2D eigenvalue weighted by Crippen LogP contribution is 2.32. The third-order valence-corrected chi connectivity index (χ3v) is 3.70. The number of nitrogens with one attached hydrogen (secondary N) is 1. The summed E-state index contributed by atoms with van der Waals surface area (Å²) in [6.07, 6.45) is 1.88. The summed E-state index contributed by atoms with van der Waals surface area (Å²) >= 11 is 0. The van der Waals surface area contributed by atoms with Crippen molar-refractivity contribution in [3.05, 3.63) is 0 Å². The Hall–Kier alpha value is -0.160. The summed E-state index contributed by atoms with van der Waals surface area (Å²) < 4.78 is 0. The molecule has 4 heteroatoms. The van der Waals surface area contributed by atoms with Crippen LogP contribution in [0, 0.1) is 0 Å². The van der Waals surface area contributed by atoms with Gasteiger partial charge in [-0.3, -0.25) is 4.90 Å². The van der Waals surface area contributed by atoms with Crippen LogP contribution in [0.25, 0.3) is 0 Å². The number of likely N-dealkylation sites (tertiary alicyclic amines) is 1. The first kappa shape index (κ1) is 10.4.